The third kappa shape index (κ3) is 4.99. The minimum absolute atomic E-state index is 0.0733. The molecule has 0 bridgehead atoms. The van der Waals surface area contributed by atoms with Crippen LogP contribution in [0, 0.1) is 10.1 Å². The summed E-state index contributed by atoms with van der Waals surface area (Å²) < 4.78 is 10.5. The van der Waals surface area contributed by atoms with Crippen molar-refractivity contribution < 1.29 is 14.4 Å². The van der Waals surface area contributed by atoms with Crippen molar-refractivity contribution in [1.29, 1.82) is 0 Å². The Morgan fingerprint density at radius 3 is 2.18 bits per heavy atom. The fourth-order valence-corrected chi connectivity index (χ4v) is 3.55. The molecule has 0 saturated carbocycles. The second kappa shape index (κ2) is 9.52. The summed E-state index contributed by atoms with van der Waals surface area (Å²) in [5.74, 6) is 0.897. The first-order chi connectivity index (χ1) is 13.6. The monoisotopic (exact) mass is 385 g/mol. The van der Waals surface area contributed by atoms with Gasteiger partial charge in [0.1, 0.15) is 0 Å². The van der Waals surface area contributed by atoms with E-state index in [1.54, 1.807) is 13.2 Å². The molecule has 1 aliphatic heterocycles. The number of methoxy groups -OCH3 is 2. The second-order valence-electron chi connectivity index (χ2n) is 6.95. The van der Waals surface area contributed by atoms with Gasteiger partial charge in [-0.25, -0.2) is 0 Å². The summed E-state index contributed by atoms with van der Waals surface area (Å²) in [6.07, 6.45) is 1.04. The number of piperazine rings is 1. The van der Waals surface area contributed by atoms with Crippen molar-refractivity contribution in [3.63, 3.8) is 0 Å². The van der Waals surface area contributed by atoms with Crippen LogP contribution in [-0.2, 0) is 13.0 Å². The molecule has 7 heteroatoms. The zero-order valence-electron chi connectivity index (χ0n) is 16.5. The third-order valence-electron chi connectivity index (χ3n) is 5.20. The highest BCUT2D eigenvalue weighted by Crippen LogP contribution is 2.35. The first-order valence-electron chi connectivity index (χ1n) is 9.48. The minimum Gasteiger partial charge on any atom is -0.493 e. The molecule has 0 N–H and O–H groups in total. The SMILES string of the molecule is COc1cc(CN2CCN(CCc3ccccc3)CC2)c([N+](=O)[O-])cc1OC. The van der Waals surface area contributed by atoms with Crippen LogP contribution in [0.3, 0.4) is 0 Å². The van der Waals surface area contributed by atoms with E-state index in [2.05, 4.69) is 34.1 Å². The van der Waals surface area contributed by atoms with E-state index in [9.17, 15) is 10.1 Å². The van der Waals surface area contributed by atoms with Crippen LogP contribution in [0.2, 0.25) is 0 Å². The van der Waals surface area contributed by atoms with Crippen LogP contribution in [0.4, 0.5) is 5.69 Å². The van der Waals surface area contributed by atoms with Crippen molar-refractivity contribution in [3.05, 3.63) is 63.7 Å². The van der Waals surface area contributed by atoms with Gasteiger partial charge in [-0.15, -0.1) is 0 Å². The van der Waals surface area contributed by atoms with Crippen LogP contribution in [0.1, 0.15) is 11.1 Å². The molecule has 1 saturated heterocycles. The number of ether oxygens (including phenoxy) is 2. The summed E-state index contributed by atoms with van der Waals surface area (Å²) >= 11 is 0. The van der Waals surface area contributed by atoms with Gasteiger partial charge in [-0.05, 0) is 18.1 Å². The van der Waals surface area contributed by atoms with E-state index in [-0.39, 0.29) is 10.6 Å². The largest absolute Gasteiger partial charge is 0.493 e. The lowest BCUT2D eigenvalue weighted by Gasteiger charge is -2.34. The Balaban J connectivity index is 1.59. The van der Waals surface area contributed by atoms with Gasteiger partial charge < -0.3 is 14.4 Å². The van der Waals surface area contributed by atoms with Gasteiger partial charge in [-0.2, -0.15) is 0 Å². The number of hydrogen-bond acceptors (Lipinski definition) is 6. The number of nitro groups is 1. The molecule has 0 spiro atoms. The molecule has 0 radical (unpaired) electrons. The predicted octanol–water partition coefficient (Wildman–Crippen LogP) is 2.97. The molecule has 0 aliphatic carbocycles. The van der Waals surface area contributed by atoms with Gasteiger partial charge in [0, 0.05) is 44.8 Å². The van der Waals surface area contributed by atoms with E-state index in [1.807, 2.05) is 6.07 Å². The molecule has 1 heterocycles. The molecule has 0 atom stereocenters. The van der Waals surface area contributed by atoms with Crippen LogP contribution in [0.15, 0.2) is 42.5 Å². The zero-order chi connectivity index (χ0) is 19.9. The number of nitrogens with zero attached hydrogens (tertiary/aromatic N) is 3. The molecule has 7 nitrogen and oxygen atoms in total. The Kier molecular flexibility index (Phi) is 6.84. The quantitative estimate of drug-likeness (QED) is 0.514. The lowest BCUT2D eigenvalue weighted by molar-refractivity contribution is -0.385. The fraction of sp³-hybridized carbons (Fsp3) is 0.429. The van der Waals surface area contributed by atoms with E-state index in [4.69, 9.17) is 9.47 Å². The molecule has 0 amide bonds. The van der Waals surface area contributed by atoms with E-state index in [0.717, 1.165) is 39.1 Å². The van der Waals surface area contributed by atoms with Crippen LogP contribution in [0.5, 0.6) is 11.5 Å². The fourth-order valence-electron chi connectivity index (χ4n) is 3.55. The van der Waals surface area contributed by atoms with Crippen molar-refractivity contribution in [2.45, 2.75) is 13.0 Å². The van der Waals surface area contributed by atoms with Gasteiger partial charge in [0.2, 0.25) is 0 Å². The molecular weight excluding hydrogens is 358 g/mol. The van der Waals surface area contributed by atoms with Crippen molar-refractivity contribution in [2.75, 3.05) is 46.9 Å². The average molecular weight is 385 g/mol. The van der Waals surface area contributed by atoms with Crippen LogP contribution < -0.4 is 9.47 Å². The number of benzene rings is 2. The number of hydrogen-bond donors (Lipinski definition) is 0. The summed E-state index contributed by atoms with van der Waals surface area (Å²) in [5.41, 5.74) is 2.08. The molecule has 0 aromatic heterocycles. The molecular formula is C21H27N3O4. The lowest BCUT2D eigenvalue weighted by atomic mass is 10.1. The Morgan fingerprint density at radius 1 is 0.964 bits per heavy atom. The Morgan fingerprint density at radius 2 is 1.57 bits per heavy atom. The summed E-state index contributed by atoms with van der Waals surface area (Å²) in [6, 6.07) is 13.7. The summed E-state index contributed by atoms with van der Waals surface area (Å²) in [5, 5.41) is 11.5. The van der Waals surface area contributed by atoms with E-state index in [0.29, 0.717) is 23.6 Å². The topological polar surface area (TPSA) is 68.1 Å². The molecule has 28 heavy (non-hydrogen) atoms. The Bertz CT molecular complexity index is 790. The lowest BCUT2D eigenvalue weighted by Crippen LogP contribution is -2.46. The normalized spacial score (nSPS) is 15.4. The van der Waals surface area contributed by atoms with Crippen molar-refractivity contribution in [2.24, 2.45) is 0 Å². The summed E-state index contributed by atoms with van der Waals surface area (Å²) in [6.45, 7) is 5.28. The molecule has 150 valence electrons. The molecule has 2 aromatic carbocycles. The molecule has 1 aliphatic rings. The van der Waals surface area contributed by atoms with E-state index in [1.165, 1.54) is 18.7 Å². The number of rotatable bonds is 8. The van der Waals surface area contributed by atoms with Gasteiger partial charge in [-0.3, -0.25) is 15.0 Å². The molecule has 3 rings (SSSR count). The minimum atomic E-state index is -0.354. The van der Waals surface area contributed by atoms with Gasteiger partial charge in [-0.1, -0.05) is 30.3 Å². The highest BCUT2D eigenvalue weighted by atomic mass is 16.6. The standard InChI is InChI=1S/C21H27N3O4/c1-27-20-14-18(19(24(25)26)15-21(20)28-2)16-23-12-10-22(11-13-23)9-8-17-6-4-3-5-7-17/h3-7,14-15H,8-13,16H2,1-2H3. The van der Waals surface area contributed by atoms with Gasteiger partial charge in [0.15, 0.2) is 11.5 Å². The third-order valence-corrected chi connectivity index (χ3v) is 5.20. The van der Waals surface area contributed by atoms with Crippen molar-refractivity contribution >= 4 is 5.69 Å². The highest BCUT2D eigenvalue weighted by Gasteiger charge is 2.23. The predicted molar refractivity (Wildman–Crippen MR) is 108 cm³/mol. The van der Waals surface area contributed by atoms with Crippen molar-refractivity contribution in [1.82, 2.24) is 9.80 Å². The maximum absolute atomic E-state index is 11.5. The van der Waals surface area contributed by atoms with Crippen molar-refractivity contribution in [3.8, 4) is 11.5 Å². The van der Waals surface area contributed by atoms with E-state index >= 15 is 0 Å². The molecule has 0 unspecified atom stereocenters. The second-order valence-corrected chi connectivity index (χ2v) is 6.95. The van der Waals surface area contributed by atoms with Gasteiger partial charge in [0.05, 0.1) is 25.2 Å². The maximum atomic E-state index is 11.5. The van der Waals surface area contributed by atoms with Crippen LogP contribution in [-0.4, -0.2) is 61.7 Å². The smallest absolute Gasteiger partial charge is 0.277 e. The summed E-state index contributed by atoms with van der Waals surface area (Å²) in [7, 11) is 3.02. The highest BCUT2D eigenvalue weighted by molar-refractivity contribution is 5.54. The number of nitro benzene ring substituents is 1. The van der Waals surface area contributed by atoms with Gasteiger partial charge in [0.25, 0.3) is 5.69 Å². The summed E-state index contributed by atoms with van der Waals surface area (Å²) in [4.78, 5) is 15.8. The zero-order valence-corrected chi connectivity index (χ0v) is 16.5. The molecule has 1 fully saturated rings. The Labute approximate surface area is 165 Å². The average Bonchev–Trinajstić information content (AvgIpc) is 2.73. The van der Waals surface area contributed by atoms with Crippen LogP contribution in [0.25, 0.3) is 0 Å². The van der Waals surface area contributed by atoms with Gasteiger partial charge >= 0.3 is 0 Å². The van der Waals surface area contributed by atoms with E-state index < -0.39 is 0 Å². The first-order valence-corrected chi connectivity index (χ1v) is 9.48. The Hall–Kier alpha value is -2.64. The maximum Gasteiger partial charge on any atom is 0.277 e. The van der Waals surface area contributed by atoms with Crippen LogP contribution >= 0.6 is 0 Å². The molecule has 2 aromatic rings. The first kappa shape index (κ1) is 20.1.